The van der Waals surface area contributed by atoms with Crippen molar-refractivity contribution in [1.29, 1.82) is 0 Å². The molecule has 2 rings (SSSR count). The number of hydrogen-bond donors (Lipinski definition) is 1. The lowest BCUT2D eigenvalue weighted by molar-refractivity contribution is 0.102. The van der Waals surface area contributed by atoms with Crippen LogP contribution in [0.15, 0.2) is 17.6 Å². The summed E-state index contributed by atoms with van der Waals surface area (Å²) in [5, 5.41) is 5.50. The Labute approximate surface area is 108 Å². The van der Waals surface area contributed by atoms with Gasteiger partial charge in [0, 0.05) is 17.3 Å². The van der Waals surface area contributed by atoms with Crippen LogP contribution in [0.2, 0.25) is 5.02 Å². The summed E-state index contributed by atoms with van der Waals surface area (Å²) in [5.41, 5.74) is 2.00. The molecule has 4 nitrogen and oxygen atoms in total. The van der Waals surface area contributed by atoms with Crippen LogP contribution in [0.5, 0.6) is 0 Å². The molecule has 0 radical (unpaired) electrons. The summed E-state index contributed by atoms with van der Waals surface area (Å²) in [6, 6.07) is 1.66. The summed E-state index contributed by atoms with van der Waals surface area (Å²) in [5.74, 6) is -0.295. The van der Waals surface area contributed by atoms with Crippen molar-refractivity contribution in [3.8, 4) is 0 Å². The highest BCUT2D eigenvalue weighted by atomic mass is 35.5. The molecular formula is C11H10ClN3OS. The van der Waals surface area contributed by atoms with Gasteiger partial charge in [-0.2, -0.15) is 0 Å². The van der Waals surface area contributed by atoms with Crippen LogP contribution in [0, 0.1) is 13.8 Å². The third-order valence-electron chi connectivity index (χ3n) is 2.07. The number of carbonyl (C=O) groups excluding carboxylic acids is 1. The summed E-state index contributed by atoms with van der Waals surface area (Å²) in [4.78, 5) is 20.1. The molecule has 17 heavy (non-hydrogen) atoms. The van der Waals surface area contributed by atoms with Gasteiger partial charge >= 0.3 is 0 Å². The minimum atomic E-state index is -0.295. The Balaban J connectivity index is 2.20. The Bertz CT molecular complexity index is 568. The van der Waals surface area contributed by atoms with E-state index in [1.807, 2.05) is 19.2 Å². The number of nitrogens with zero attached hydrogens (tertiary/aromatic N) is 2. The van der Waals surface area contributed by atoms with Crippen LogP contribution >= 0.6 is 22.9 Å². The average Bonchev–Trinajstić information content (AvgIpc) is 2.63. The van der Waals surface area contributed by atoms with Crippen LogP contribution in [0.25, 0.3) is 0 Å². The van der Waals surface area contributed by atoms with E-state index in [9.17, 15) is 4.79 Å². The second-order valence-electron chi connectivity index (χ2n) is 3.55. The van der Waals surface area contributed by atoms with Gasteiger partial charge in [0.2, 0.25) is 0 Å². The molecule has 0 aliphatic carbocycles. The summed E-state index contributed by atoms with van der Waals surface area (Å²) in [7, 11) is 0. The number of pyridine rings is 1. The first-order valence-electron chi connectivity index (χ1n) is 4.92. The van der Waals surface area contributed by atoms with Crippen molar-refractivity contribution in [2.24, 2.45) is 0 Å². The lowest BCUT2D eigenvalue weighted by Gasteiger charge is -2.04. The van der Waals surface area contributed by atoms with Gasteiger partial charge in [-0.1, -0.05) is 11.6 Å². The molecule has 0 unspecified atom stereocenters. The van der Waals surface area contributed by atoms with E-state index in [0.717, 1.165) is 11.4 Å². The second-order valence-corrected chi connectivity index (χ2v) is 4.82. The molecule has 6 heteroatoms. The van der Waals surface area contributed by atoms with E-state index in [2.05, 4.69) is 15.3 Å². The number of aromatic nitrogens is 2. The minimum absolute atomic E-state index is 0.295. The fourth-order valence-electron chi connectivity index (χ4n) is 1.27. The smallest absolute Gasteiger partial charge is 0.260 e. The fourth-order valence-corrected chi connectivity index (χ4v) is 2.25. The first kappa shape index (κ1) is 12.0. The predicted octanol–water partition coefficient (Wildman–Crippen LogP) is 3.06. The number of halogens is 1. The van der Waals surface area contributed by atoms with Crippen molar-refractivity contribution in [3.05, 3.63) is 39.6 Å². The standard InChI is InChI=1S/C11H10ClN3OS/c1-6-3-9(12)8(4-13-6)10(16)15-11-14-7(2)5-17-11/h3-5H,1-2H3,(H,14,15,16). The number of rotatable bonds is 2. The Hall–Kier alpha value is -1.46. The van der Waals surface area contributed by atoms with E-state index in [1.54, 1.807) is 6.07 Å². The van der Waals surface area contributed by atoms with Crippen molar-refractivity contribution in [2.45, 2.75) is 13.8 Å². The van der Waals surface area contributed by atoms with Crippen molar-refractivity contribution < 1.29 is 4.79 Å². The van der Waals surface area contributed by atoms with Crippen LogP contribution in [-0.2, 0) is 0 Å². The molecule has 0 bridgehead atoms. The molecule has 2 aromatic heterocycles. The molecule has 0 aliphatic rings. The van der Waals surface area contributed by atoms with Crippen LogP contribution in [-0.4, -0.2) is 15.9 Å². The van der Waals surface area contributed by atoms with E-state index < -0.39 is 0 Å². The van der Waals surface area contributed by atoms with E-state index >= 15 is 0 Å². The predicted molar refractivity (Wildman–Crippen MR) is 68.8 cm³/mol. The van der Waals surface area contributed by atoms with Gasteiger partial charge < -0.3 is 0 Å². The third-order valence-corrected chi connectivity index (χ3v) is 3.26. The first-order valence-corrected chi connectivity index (χ1v) is 6.17. The molecule has 1 N–H and O–H groups in total. The quantitative estimate of drug-likeness (QED) is 0.910. The zero-order chi connectivity index (χ0) is 12.4. The lowest BCUT2D eigenvalue weighted by Crippen LogP contribution is -2.12. The summed E-state index contributed by atoms with van der Waals surface area (Å²) >= 11 is 7.35. The summed E-state index contributed by atoms with van der Waals surface area (Å²) in [6.45, 7) is 3.68. The molecule has 0 saturated heterocycles. The number of nitrogens with one attached hydrogen (secondary N) is 1. The maximum Gasteiger partial charge on any atom is 0.260 e. The number of hydrogen-bond acceptors (Lipinski definition) is 4. The monoisotopic (exact) mass is 267 g/mol. The highest BCUT2D eigenvalue weighted by Crippen LogP contribution is 2.19. The maximum absolute atomic E-state index is 11.9. The highest BCUT2D eigenvalue weighted by Gasteiger charge is 2.12. The minimum Gasteiger partial charge on any atom is -0.298 e. The molecule has 0 fully saturated rings. The largest absolute Gasteiger partial charge is 0.298 e. The zero-order valence-corrected chi connectivity index (χ0v) is 10.9. The molecule has 0 atom stereocenters. The summed E-state index contributed by atoms with van der Waals surface area (Å²) < 4.78 is 0. The molecular weight excluding hydrogens is 258 g/mol. The number of carbonyl (C=O) groups is 1. The van der Waals surface area contributed by atoms with E-state index in [0.29, 0.717) is 15.7 Å². The van der Waals surface area contributed by atoms with Gasteiger partial charge in [0.15, 0.2) is 5.13 Å². The Morgan fingerprint density at radius 1 is 1.41 bits per heavy atom. The highest BCUT2D eigenvalue weighted by molar-refractivity contribution is 7.13. The second kappa shape index (κ2) is 4.81. The summed E-state index contributed by atoms with van der Waals surface area (Å²) in [6.07, 6.45) is 1.47. The van der Waals surface area contributed by atoms with Crippen LogP contribution in [0.4, 0.5) is 5.13 Å². The Morgan fingerprint density at radius 3 is 2.76 bits per heavy atom. The van der Waals surface area contributed by atoms with Crippen molar-refractivity contribution >= 4 is 34.0 Å². The first-order chi connectivity index (χ1) is 8.06. The van der Waals surface area contributed by atoms with Crippen molar-refractivity contribution in [2.75, 3.05) is 5.32 Å². The van der Waals surface area contributed by atoms with Gasteiger partial charge in [0.05, 0.1) is 16.3 Å². The lowest BCUT2D eigenvalue weighted by atomic mass is 10.2. The van der Waals surface area contributed by atoms with Crippen molar-refractivity contribution in [1.82, 2.24) is 9.97 Å². The van der Waals surface area contributed by atoms with Gasteiger partial charge in [0.25, 0.3) is 5.91 Å². The van der Waals surface area contributed by atoms with Gasteiger partial charge in [-0.3, -0.25) is 15.1 Å². The third kappa shape index (κ3) is 2.81. The Morgan fingerprint density at radius 2 is 2.18 bits per heavy atom. The van der Waals surface area contributed by atoms with Crippen LogP contribution < -0.4 is 5.32 Å². The van der Waals surface area contributed by atoms with Gasteiger partial charge in [-0.15, -0.1) is 11.3 Å². The molecule has 88 valence electrons. The van der Waals surface area contributed by atoms with Gasteiger partial charge in [-0.25, -0.2) is 4.98 Å². The SMILES string of the molecule is Cc1cc(Cl)c(C(=O)Nc2nc(C)cs2)cn1. The molecule has 1 amide bonds. The maximum atomic E-state index is 11.9. The molecule has 2 heterocycles. The van der Waals surface area contributed by atoms with Crippen LogP contribution in [0.3, 0.4) is 0 Å². The fraction of sp³-hybridized carbons (Fsp3) is 0.182. The molecule has 0 aromatic carbocycles. The van der Waals surface area contributed by atoms with Crippen molar-refractivity contribution in [3.63, 3.8) is 0 Å². The van der Waals surface area contributed by atoms with Crippen LogP contribution in [0.1, 0.15) is 21.7 Å². The van der Waals surface area contributed by atoms with E-state index in [1.165, 1.54) is 17.5 Å². The number of anilines is 1. The topological polar surface area (TPSA) is 54.9 Å². The zero-order valence-electron chi connectivity index (χ0n) is 9.32. The number of thiazole rings is 1. The number of aryl methyl sites for hydroxylation is 2. The normalized spacial score (nSPS) is 10.3. The number of amides is 1. The Kier molecular flexibility index (Phi) is 3.40. The van der Waals surface area contributed by atoms with Gasteiger partial charge in [-0.05, 0) is 19.9 Å². The van der Waals surface area contributed by atoms with E-state index in [-0.39, 0.29) is 5.91 Å². The molecule has 0 aliphatic heterocycles. The molecule has 0 spiro atoms. The van der Waals surface area contributed by atoms with Gasteiger partial charge in [0.1, 0.15) is 0 Å². The van der Waals surface area contributed by atoms with E-state index in [4.69, 9.17) is 11.6 Å². The molecule has 2 aromatic rings. The molecule has 0 saturated carbocycles. The average molecular weight is 268 g/mol.